The predicted octanol–water partition coefficient (Wildman–Crippen LogP) is 3.31. The van der Waals surface area contributed by atoms with Gasteiger partial charge in [-0.05, 0) is 31.2 Å². The van der Waals surface area contributed by atoms with Crippen LogP contribution in [-0.2, 0) is 0 Å². The third kappa shape index (κ3) is 2.52. The first kappa shape index (κ1) is 13.4. The number of aromatic amines is 2. The van der Waals surface area contributed by atoms with Crippen LogP contribution in [0.5, 0.6) is 0 Å². The molecule has 1 atom stereocenters. The predicted molar refractivity (Wildman–Crippen MR) is 77.3 cm³/mol. The van der Waals surface area contributed by atoms with Crippen molar-refractivity contribution in [3.8, 4) is 0 Å². The van der Waals surface area contributed by atoms with Gasteiger partial charge in [0.05, 0.1) is 17.1 Å². The summed E-state index contributed by atoms with van der Waals surface area (Å²) in [5.74, 6) is -1.72. The van der Waals surface area contributed by atoms with Crippen LogP contribution in [0.15, 0.2) is 41.2 Å². The smallest absolute Gasteiger partial charge is 0.323 e. The third-order valence-corrected chi connectivity index (χ3v) is 3.35. The van der Waals surface area contributed by atoms with Crippen LogP contribution in [0.1, 0.15) is 18.5 Å². The van der Waals surface area contributed by atoms with Crippen molar-refractivity contribution in [1.82, 2.24) is 9.97 Å². The van der Waals surface area contributed by atoms with Gasteiger partial charge in [-0.1, -0.05) is 12.1 Å². The van der Waals surface area contributed by atoms with E-state index in [2.05, 4.69) is 15.3 Å². The van der Waals surface area contributed by atoms with E-state index in [1.807, 2.05) is 0 Å². The Morgan fingerprint density at radius 3 is 2.67 bits per heavy atom. The van der Waals surface area contributed by atoms with Gasteiger partial charge in [-0.25, -0.2) is 13.6 Å². The monoisotopic (exact) mass is 289 g/mol. The highest BCUT2D eigenvalue weighted by molar-refractivity contribution is 5.78. The average Bonchev–Trinajstić information content (AvgIpc) is 2.81. The third-order valence-electron chi connectivity index (χ3n) is 3.35. The number of rotatable bonds is 3. The summed E-state index contributed by atoms with van der Waals surface area (Å²) in [7, 11) is 0. The first-order valence-corrected chi connectivity index (χ1v) is 6.47. The maximum absolute atomic E-state index is 13.7. The number of benzene rings is 2. The van der Waals surface area contributed by atoms with E-state index in [0.717, 1.165) is 6.07 Å². The van der Waals surface area contributed by atoms with Gasteiger partial charge in [0.1, 0.15) is 0 Å². The SMILES string of the molecule is CC(Nc1ccc2[nH]c(=O)[nH]c2c1)c1cccc(F)c1F. The van der Waals surface area contributed by atoms with Crippen LogP contribution in [0.25, 0.3) is 11.0 Å². The van der Waals surface area contributed by atoms with Crippen LogP contribution < -0.4 is 11.0 Å². The fraction of sp³-hybridized carbons (Fsp3) is 0.133. The van der Waals surface area contributed by atoms with Gasteiger partial charge in [0.15, 0.2) is 11.6 Å². The fourth-order valence-corrected chi connectivity index (χ4v) is 2.30. The molecule has 1 unspecified atom stereocenters. The summed E-state index contributed by atoms with van der Waals surface area (Å²) < 4.78 is 27.0. The molecule has 0 fully saturated rings. The summed E-state index contributed by atoms with van der Waals surface area (Å²) in [6, 6.07) is 8.92. The molecule has 3 rings (SSSR count). The summed E-state index contributed by atoms with van der Waals surface area (Å²) in [6.45, 7) is 1.74. The zero-order valence-corrected chi connectivity index (χ0v) is 11.2. The van der Waals surface area contributed by atoms with E-state index in [0.29, 0.717) is 16.7 Å². The molecule has 2 aromatic carbocycles. The van der Waals surface area contributed by atoms with Crippen molar-refractivity contribution in [3.05, 3.63) is 64.1 Å². The normalized spacial score (nSPS) is 12.5. The molecule has 0 saturated heterocycles. The number of hydrogen-bond acceptors (Lipinski definition) is 2. The van der Waals surface area contributed by atoms with Crippen molar-refractivity contribution >= 4 is 16.7 Å². The highest BCUT2D eigenvalue weighted by Gasteiger charge is 2.14. The number of fused-ring (bicyclic) bond motifs is 1. The maximum Gasteiger partial charge on any atom is 0.323 e. The Bertz CT molecular complexity index is 853. The van der Waals surface area contributed by atoms with Crippen LogP contribution >= 0.6 is 0 Å². The molecular formula is C15H13F2N3O. The van der Waals surface area contributed by atoms with Gasteiger partial charge in [-0.15, -0.1) is 0 Å². The number of aromatic nitrogens is 2. The van der Waals surface area contributed by atoms with Gasteiger partial charge in [0, 0.05) is 11.3 Å². The van der Waals surface area contributed by atoms with Gasteiger partial charge in [0.25, 0.3) is 0 Å². The van der Waals surface area contributed by atoms with Crippen LogP contribution in [0.4, 0.5) is 14.5 Å². The van der Waals surface area contributed by atoms with E-state index in [9.17, 15) is 13.6 Å². The molecule has 1 heterocycles. The van der Waals surface area contributed by atoms with Crippen molar-refractivity contribution < 1.29 is 8.78 Å². The van der Waals surface area contributed by atoms with Crippen LogP contribution in [-0.4, -0.2) is 9.97 Å². The van der Waals surface area contributed by atoms with Crippen molar-refractivity contribution in [1.29, 1.82) is 0 Å². The topological polar surface area (TPSA) is 60.7 Å². The zero-order chi connectivity index (χ0) is 15.0. The van der Waals surface area contributed by atoms with E-state index < -0.39 is 17.7 Å². The van der Waals surface area contributed by atoms with Crippen LogP contribution in [0, 0.1) is 11.6 Å². The minimum absolute atomic E-state index is 0.248. The van der Waals surface area contributed by atoms with E-state index in [4.69, 9.17) is 0 Å². The van der Waals surface area contributed by atoms with Gasteiger partial charge >= 0.3 is 5.69 Å². The lowest BCUT2D eigenvalue weighted by Crippen LogP contribution is -2.09. The minimum Gasteiger partial charge on any atom is -0.378 e. The molecule has 4 nitrogen and oxygen atoms in total. The molecular weight excluding hydrogens is 276 g/mol. The number of anilines is 1. The highest BCUT2D eigenvalue weighted by atomic mass is 19.2. The average molecular weight is 289 g/mol. The highest BCUT2D eigenvalue weighted by Crippen LogP contribution is 2.24. The molecule has 0 aliphatic heterocycles. The second-order valence-corrected chi connectivity index (χ2v) is 4.85. The second kappa shape index (κ2) is 5.05. The van der Waals surface area contributed by atoms with E-state index in [1.165, 1.54) is 12.1 Å². The number of nitrogens with one attached hydrogen (secondary N) is 3. The van der Waals surface area contributed by atoms with Crippen molar-refractivity contribution in [2.45, 2.75) is 13.0 Å². The molecule has 0 aliphatic rings. The molecule has 21 heavy (non-hydrogen) atoms. The number of hydrogen-bond donors (Lipinski definition) is 3. The van der Waals surface area contributed by atoms with Gasteiger partial charge in [-0.3, -0.25) is 0 Å². The lowest BCUT2D eigenvalue weighted by atomic mass is 10.1. The van der Waals surface area contributed by atoms with E-state index in [-0.39, 0.29) is 11.3 Å². The first-order chi connectivity index (χ1) is 10.0. The van der Waals surface area contributed by atoms with Crippen molar-refractivity contribution in [2.75, 3.05) is 5.32 Å². The molecule has 0 saturated carbocycles. The molecule has 3 aromatic rings. The van der Waals surface area contributed by atoms with Crippen molar-refractivity contribution in [2.24, 2.45) is 0 Å². The Kier molecular flexibility index (Phi) is 3.21. The maximum atomic E-state index is 13.7. The van der Waals surface area contributed by atoms with Gasteiger partial charge < -0.3 is 15.3 Å². The fourth-order valence-electron chi connectivity index (χ4n) is 2.30. The molecule has 3 N–H and O–H groups in total. The molecule has 0 spiro atoms. The van der Waals surface area contributed by atoms with Crippen LogP contribution in [0.3, 0.4) is 0 Å². The Morgan fingerprint density at radius 1 is 1.10 bits per heavy atom. The number of halogens is 2. The molecule has 1 aromatic heterocycles. The minimum atomic E-state index is -0.869. The molecule has 0 radical (unpaired) electrons. The molecule has 0 bridgehead atoms. The van der Waals surface area contributed by atoms with Gasteiger partial charge in [0.2, 0.25) is 0 Å². The van der Waals surface area contributed by atoms with E-state index in [1.54, 1.807) is 25.1 Å². The van der Waals surface area contributed by atoms with Gasteiger partial charge in [-0.2, -0.15) is 0 Å². The molecule has 6 heteroatoms. The zero-order valence-electron chi connectivity index (χ0n) is 11.2. The lowest BCUT2D eigenvalue weighted by molar-refractivity contribution is 0.494. The molecule has 0 amide bonds. The van der Waals surface area contributed by atoms with E-state index >= 15 is 0 Å². The summed E-state index contributed by atoms with van der Waals surface area (Å²) >= 11 is 0. The Morgan fingerprint density at radius 2 is 1.86 bits per heavy atom. The number of H-pyrrole nitrogens is 2. The quantitative estimate of drug-likeness (QED) is 0.692. The molecule has 0 aliphatic carbocycles. The number of imidazole rings is 1. The summed E-state index contributed by atoms with van der Waals surface area (Å²) in [4.78, 5) is 16.5. The molecule has 108 valence electrons. The first-order valence-electron chi connectivity index (χ1n) is 6.47. The Hall–Kier alpha value is -2.63. The summed E-state index contributed by atoms with van der Waals surface area (Å²) in [5, 5.41) is 3.09. The largest absolute Gasteiger partial charge is 0.378 e. The second-order valence-electron chi connectivity index (χ2n) is 4.85. The Balaban J connectivity index is 1.90. The summed E-state index contributed by atoms with van der Waals surface area (Å²) in [6.07, 6.45) is 0. The van der Waals surface area contributed by atoms with Crippen LogP contribution in [0.2, 0.25) is 0 Å². The lowest BCUT2D eigenvalue weighted by Gasteiger charge is -2.16. The standard InChI is InChI=1S/C15H13F2N3O/c1-8(10-3-2-4-11(16)14(10)17)18-9-5-6-12-13(7-9)20-15(21)19-12/h2-8,18H,1H3,(H2,19,20,21). The Labute approximate surface area is 118 Å². The van der Waals surface area contributed by atoms with Crippen molar-refractivity contribution in [3.63, 3.8) is 0 Å². The summed E-state index contributed by atoms with van der Waals surface area (Å²) in [5.41, 5.74) is 2.00.